The van der Waals surface area contributed by atoms with Crippen molar-refractivity contribution in [2.24, 2.45) is 0 Å². The van der Waals surface area contributed by atoms with Crippen molar-refractivity contribution in [2.75, 3.05) is 7.11 Å². The van der Waals surface area contributed by atoms with Crippen molar-refractivity contribution in [3.63, 3.8) is 0 Å². The van der Waals surface area contributed by atoms with Crippen molar-refractivity contribution < 1.29 is 27.8 Å². The maximum atomic E-state index is 12.7. The number of hydrogen-bond acceptors (Lipinski definition) is 6. The topological polar surface area (TPSA) is 85.2 Å². The van der Waals surface area contributed by atoms with Crippen LogP contribution in [0.5, 0.6) is 5.88 Å². The minimum atomic E-state index is -4.85. The Labute approximate surface area is 113 Å². The second-order valence-corrected chi connectivity index (χ2v) is 4.44. The largest absolute Gasteiger partial charge is 0.481 e. The van der Waals surface area contributed by atoms with Gasteiger partial charge in [-0.05, 0) is 0 Å². The standard InChI is InChI=1S/C10H6F3N3O3S/c1-19-5-2-4(14-3-15-5)8-16-7(10(11,12)13)6(20-8)9(17)18/h2-3H,1H3,(H,17,18). The maximum absolute atomic E-state index is 12.7. The minimum Gasteiger partial charge on any atom is -0.481 e. The molecule has 0 saturated heterocycles. The molecule has 0 atom stereocenters. The SMILES string of the molecule is COc1cc(-c2nc(C(F)(F)F)c(C(=O)O)s2)ncn1. The van der Waals surface area contributed by atoms with Crippen molar-refractivity contribution in [1.82, 2.24) is 15.0 Å². The highest BCUT2D eigenvalue weighted by Gasteiger charge is 2.40. The molecule has 0 aliphatic rings. The average molecular weight is 305 g/mol. The Kier molecular flexibility index (Phi) is 3.57. The summed E-state index contributed by atoms with van der Waals surface area (Å²) >= 11 is 0.390. The molecule has 0 aliphatic heterocycles. The zero-order valence-electron chi connectivity index (χ0n) is 9.80. The average Bonchev–Trinajstić information content (AvgIpc) is 2.84. The van der Waals surface area contributed by atoms with E-state index in [0.717, 1.165) is 6.33 Å². The van der Waals surface area contributed by atoms with E-state index in [0.29, 0.717) is 11.3 Å². The molecule has 0 unspecified atom stereocenters. The molecule has 0 aliphatic carbocycles. The maximum Gasteiger partial charge on any atom is 0.435 e. The number of halogens is 3. The fraction of sp³-hybridized carbons (Fsp3) is 0.200. The number of hydrogen-bond donors (Lipinski definition) is 1. The van der Waals surface area contributed by atoms with E-state index in [1.54, 1.807) is 0 Å². The van der Waals surface area contributed by atoms with Crippen LogP contribution in [0, 0.1) is 0 Å². The van der Waals surface area contributed by atoms with Gasteiger partial charge in [-0.3, -0.25) is 0 Å². The second kappa shape index (κ2) is 5.04. The summed E-state index contributed by atoms with van der Waals surface area (Å²) in [5, 5.41) is 8.63. The molecular weight excluding hydrogens is 299 g/mol. The zero-order chi connectivity index (χ0) is 14.9. The number of nitrogens with zero attached hydrogens (tertiary/aromatic N) is 3. The number of carboxylic acids is 1. The molecule has 0 spiro atoms. The van der Waals surface area contributed by atoms with Crippen molar-refractivity contribution in [1.29, 1.82) is 0 Å². The van der Waals surface area contributed by atoms with E-state index >= 15 is 0 Å². The van der Waals surface area contributed by atoms with Gasteiger partial charge >= 0.3 is 12.1 Å². The van der Waals surface area contributed by atoms with Crippen molar-refractivity contribution in [3.8, 4) is 16.6 Å². The Bertz CT molecular complexity index is 657. The van der Waals surface area contributed by atoms with Crippen molar-refractivity contribution in [2.45, 2.75) is 6.18 Å². The summed E-state index contributed by atoms with van der Waals surface area (Å²) in [6.45, 7) is 0. The van der Waals surface area contributed by atoms with Crippen LogP contribution in [0.15, 0.2) is 12.4 Å². The smallest absolute Gasteiger partial charge is 0.435 e. The number of methoxy groups -OCH3 is 1. The first kappa shape index (κ1) is 14.2. The first-order chi connectivity index (χ1) is 9.32. The molecule has 2 heterocycles. The van der Waals surface area contributed by atoms with Gasteiger partial charge in [0.1, 0.15) is 21.9 Å². The number of rotatable bonds is 3. The number of aromatic carboxylic acids is 1. The third-order valence-corrected chi connectivity index (χ3v) is 3.23. The molecule has 0 aromatic carbocycles. The fourth-order valence-corrected chi connectivity index (χ4v) is 2.23. The number of ether oxygens (including phenoxy) is 1. The molecular formula is C10H6F3N3O3S. The van der Waals surface area contributed by atoms with Gasteiger partial charge in [-0.2, -0.15) is 13.2 Å². The van der Waals surface area contributed by atoms with E-state index in [4.69, 9.17) is 9.84 Å². The second-order valence-electron chi connectivity index (χ2n) is 3.45. The van der Waals surface area contributed by atoms with E-state index in [-0.39, 0.29) is 16.6 Å². The molecule has 0 fully saturated rings. The van der Waals surface area contributed by atoms with Crippen LogP contribution in [0.4, 0.5) is 13.2 Å². The van der Waals surface area contributed by atoms with Gasteiger partial charge in [-0.1, -0.05) is 0 Å². The van der Waals surface area contributed by atoms with Gasteiger partial charge in [0.15, 0.2) is 5.69 Å². The quantitative estimate of drug-likeness (QED) is 0.936. The summed E-state index contributed by atoms with van der Waals surface area (Å²) in [6, 6.07) is 1.27. The lowest BCUT2D eigenvalue weighted by Crippen LogP contribution is -2.11. The first-order valence-electron chi connectivity index (χ1n) is 5.00. The van der Waals surface area contributed by atoms with Crippen molar-refractivity contribution >= 4 is 17.3 Å². The van der Waals surface area contributed by atoms with Gasteiger partial charge in [0.05, 0.1) is 7.11 Å². The monoisotopic (exact) mass is 305 g/mol. The molecule has 106 valence electrons. The lowest BCUT2D eigenvalue weighted by atomic mass is 10.3. The lowest BCUT2D eigenvalue weighted by Gasteiger charge is -2.02. The molecule has 2 aromatic heterocycles. The number of thiazole rings is 1. The van der Waals surface area contributed by atoms with Gasteiger partial charge in [0.2, 0.25) is 5.88 Å². The predicted molar refractivity (Wildman–Crippen MR) is 61.7 cm³/mol. The van der Waals surface area contributed by atoms with Gasteiger partial charge in [0.25, 0.3) is 0 Å². The Morgan fingerprint density at radius 3 is 2.60 bits per heavy atom. The van der Waals surface area contributed by atoms with Gasteiger partial charge in [-0.25, -0.2) is 19.7 Å². The Hall–Kier alpha value is -2.23. The highest BCUT2D eigenvalue weighted by Crippen LogP contribution is 2.37. The first-order valence-corrected chi connectivity index (χ1v) is 5.82. The molecule has 20 heavy (non-hydrogen) atoms. The van der Waals surface area contributed by atoms with Crippen LogP contribution in [0.2, 0.25) is 0 Å². The summed E-state index contributed by atoms with van der Waals surface area (Å²) < 4.78 is 42.9. The van der Waals surface area contributed by atoms with E-state index in [9.17, 15) is 18.0 Å². The molecule has 2 rings (SSSR count). The van der Waals surface area contributed by atoms with Crippen molar-refractivity contribution in [3.05, 3.63) is 23.0 Å². The van der Waals surface area contributed by atoms with E-state index < -0.39 is 22.7 Å². The van der Waals surface area contributed by atoms with E-state index in [1.165, 1.54) is 13.2 Å². The van der Waals surface area contributed by atoms with Crippen LogP contribution in [0.3, 0.4) is 0 Å². The van der Waals surface area contributed by atoms with Crippen LogP contribution in [0.25, 0.3) is 10.7 Å². The normalized spacial score (nSPS) is 11.4. The minimum absolute atomic E-state index is 0.0554. The summed E-state index contributed by atoms with van der Waals surface area (Å²) in [4.78, 5) is 20.7. The van der Waals surface area contributed by atoms with Crippen LogP contribution >= 0.6 is 11.3 Å². The van der Waals surface area contributed by atoms with Gasteiger partial charge < -0.3 is 9.84 Å². The predicted octanol–water partition coefficient (Wildman–Crippen LogP) is 2.33. The van der Waals surface area contributed by atoms with Crippen LogP contribution in [0.1, 0.15) is 15.4 Å². The number of alkyl halides is 3. The zero-order valence-corrected chi connectivity index (χ0v) is 10.6. The van der Waals surface area contributed by atoms with Crippen LogP contribution in [-0.4, -0.2) is 33.1 Å². The highest BCUT2D eigenvalue weighted by molar-refractivity contribution is 7.17. The Morgan fingerprint density at radius 2 is 2.10 bits per heavy atom. The summed E-state index contributed by atoms with van der Waals surface area (Å²) in [5.74, 6) is -1.56. The lowest BCUT2D eigenvalue weighted by molar-refractivity contribution is -0.141. The molecule has 0 bridgehead atoms. The molecule has 10 heteroatoms. The third kappa shape index (κ3) is 2.69. The molecule has 2 aromatic rings. The van der Waals surface area contributed by atoms with Gasteiger partial charge in [-0.15, -0.1) is 11.3 Å². The Balaban J connectivity index is 2.56. The van der Waals surface area contributed by atoms with Crippen LogP contribution in [-0.2, 0) is 6.18 Å². The molecule has 6 nitrogen and oxygen atoms in total. The van der Waals surface area contributed by atoms with E-state index in [2.05, 4.69) is 15.0 Å². The summed E-state index contributed by atoms with van der Waals surface area (Å²) in [7, 11) is 1.33. The number of carboxylic acid groups (broad SMARTS) is 1. The molecule has 0 amide bonds. The summed E-state index contributed by atoms with van der Waals surface area (Å²) in [6.07, 6.45) is -3.76. The highest BCUT2D eigenvalue weighted by atomic mass is 32.1. The number of carbonyl (C=O) groups is 1. The van der Waals surface area contributed by atoms with Crippen LogP contribution < -0.4 is 4.74 Å². The third-order valence-electron chi connectivity index (χ3n) is 2.16. The molecule has 0 radical (unpaired) electrons. The molecule has 1 N–H and O–H groups in total. The fourth-order valence-electron chi connectivity index (χ4n) is 1.33. The van der Waals surface area contributed by atoms with E-state index in [1.807, 2.05) is 0 Å². The summed E-state index contributed by atoms with van der Waals surface area (Å²) in [5.41, 5.74) is -1.39. The number of aromatic nitrogens is 3. The van der Waals surface area contributed by atoms with Gasteiger partial charge in [0, 0.05) is 6.07 Å². The Morgan fingerprint density at radius 1 is 1.40 bits per heavy atom. The molecule has 0 saturated carbocycles.